The second-order valence-electron chi connectivity index (χ2n) is 6.06. The highest BCUT2D eigenvalue weighted by Gasteiger charge is 2.33. The van der Waals surface area contributed by atoms with Crippen molar-refractivity contribution in [1.82, 2.24) is 9.88 Å². The average Bonchev–Trinajstić information content (AvgIpc) is 2.76. The van der Waals surface area contributed by atoms with E-state index in [1.807, 2.05) is 44.9 Å². The number of hydrogen-bond acceptors (Lipinski definition) is 3. The van der Waals surface area contributed by atoms with Crippen LogP contribution in [0.4, 0.5) is 4.79 Å². The van der Waals surface area contributed by atoms with Crippen LogP contribution in [0.5, 0.6) is 0 Å². The van der Waals surface area contributed by atoms with Gasteiger partial charge in [-0.1, -0.05) is 0 Å². The molecule has 1 aliphatic rings. The Bertz CT molecular complexity index is 465. The smallest absolute Gasteiger partial charge is 0.410 e. The first-order valence-electron chi connectivity index (χ1n) is 6.78. The fourth-order valence-electron chi connectivity index (χ4n) is 2.49. The van der Waals surface area contributed by atoms with Gasteiger partial charge in [-0.2, -0.15) is 0 Å². The third-order valence-corrected chi connectivity index (χ3v) is 3.30. The van der Waals surface area contributed by atoms with Gasteiger partial charge in [-0.25, -0.2) is 4.79 Å². The molecule has 1 aliphatic heterocycles. The Labute approximate surface area is 114 Å². The molecular formula is C15H22N2O2. The van der Waals surface area contributed by atoms with Gasteiger partial charge in [0.2, 0.25) is 0 Å². The number of carbonyl (C=O) groups is 1. The SMILES string of the molecule is Cc1cnccc1[C@@H]1CCCN1C(=O)OC(C)(C)C. The number of ether oxygens (including phenoxy) is 1. The van der Waals surface area contributed by atoms with Crippen LogP contribution in [-0.4, -0.2) is 28.1 Å². The Morgan fingerprint density at radius 3 is 2.84 bits per heavy atom. The molecule has 19 heavy (non-hydrogen) atoms. The molecule has 0 N–H and O–H groups in total. The Balaban J connectivity index is 2.18. The molecule has 0 saturated carbocycles. The van der Waals surface area contributed by atoms with E-state index < -0.39 is 5.60 Å². The van der Waals surface area contributed by atoms with Crippen LogP contribution in [-0.2, 0) is 4.74 Å². The molecule has 2 rings (SSSR count). The molecule has 1 aromatic rings. The van der Waals surface area contributed by atoms with Crippen molar-refractivity contribution in [2.45, 2.75) is 52.2 Å². The summed E-state index contributed by atoms with van der Waals surface area (Å²) in [6.45, 7) is 8.49. The Kier molecular flexibility index (Phi) is 3.78. The van der Waals surface area contributed by atoms with Crippen LogP contribution < -0.4 is 0 Å². The molecule has 0 unspecified atom stereocenters. The first-order valence-corrected chi connectivity index (χ1v) is 6.78. The zero-order chi connectivity index (χ0) is 14.0. The number of aromatic nitrogens is 1. The maximum atomic E-state index is 12.2. The fourth-order valence-corrected chi connectivity index (χ4v) is 2.49. The summed E-state index contributed by atoms with van der Waals surface area (Å²) < 4.78 is 5.48. The molecule has 2 heterocycles. The lowest BCUT2D eigenvalue weighted by Gasteiger charge is -2.29. The van der Waals surface area contributed by atoms with Gasteiger partial charge in [0.15, 0.2) is 0 Å². The lowest BCUT2D eigenvalue weighted by Crippen LogP contribution is -2.36. The molecule has 4 heteroatoms. The molecule has 0 spiro atoms. The Morgan fingerprint density at radius 1 is 1.47 bits per heavy atom. The first kappa shape index (κ1) is 13.8. The Hall–Kier alpha value is -1.58. The average molecular weight is 262 g/mol. The van der Waals surface area contributed by atoms with Crippen molar-refractivity contribution in [2.24, 2.45) is 0 Å². The van der Waals surface area contributed by atoms with E-state index in [9.17, 15) is 4.79 Å². The van der Waals surface area contributed by atoms with Gasteiger partial charge in [0.25, 0.3) is 0 Å². The van der Waals surface area contributed by atoms with Crippen LogP contribution in [0.3, 0.4) is 0 Å². The summed E-state index contributed by atoms with van der Waals surface area (Å²) in [6, 6.07) is 2.13. The maximum absolute atomic E-state index is 12.2. The third-order valence-electron chi connectivity index (χ3n) is 3.30. The highest BCUT2D eigenvalue weighted by molar-refractivity contribution is 5.69. The van der Waals surface area contributed by atoms with Crippen LogP contribution in [0, 0.1) is 6.92 Å². The molecule has 4 nitrogen and oxygen atoms in total. The van der Waals surface area contributed by atoms with Gasteiger partial charge >= 0.3 is 6.09 Å². The van der Waals surface area contributed by atoms with E-state index in [-0.39, 0.29) is 12.1 Å². The van der Waals surface area contributed by atoms with Gasteiger partial charge in [-0.05, 0) is 57.7 Å². The van der Waals surface area contributed by atoms with Crippen molar-refractivity contribution in [1.29, 1.82) is 0 Å². The summed E-state index contributed by atoms with van der Waals surface area (Å²) in [5.74, 6) is 0. The van der Waals surface area contributed by atoms with Gasteiger partial charge in [-0.15, -0.1) is 0 Å². The summed E-state index contributed by atoms with van der Waals surface area (Å²) in [5, 5.41) is 0. The van der Waals surface area contributed by atoms with Crippen molar-refractivity contribution >= 4 is 6.09 Å². The van der Waals surface area contributed by atoms with Crippen molar-refractivity contribution < 1.29 is 9.53 Å². The standard InChI is InChI=1S/C15H22N2O2/c1-11-10-16-8-7-12(11)13-6-5-9-17(13)14(18)19-15(2,3)4/h7-8,10,13H,5-6,9H2,1-4H3/t13-/m0/s1. The number of amides is 1. The van der Waals surface area contributed by atoms with E-state index in [1.54, 1.807) is 6.20 Å². The maximum Gasteiger partial charge on any atom is 0.410 e. The number of nitrogens with zero attached hydrogens (tertiary/aromatic N) is 2. The van der Waals surface area contributed by atoms with Crippen LogP contribution in [0.2, 0.25) is 0 Å². The molecule has 1 fully saturated rings. The Morgan fingerprint density at radius 2 is 2.21 bits per heavy atom. The molecule has 0 bridgehead atoms. The highest BCUT2D eigenvalue weighted by atomic mass is 16.6. The summed E-state index contributed by atoms with van der Waals surface area (Å²) in [4.78, 5) is 18.2. The van der Waals surface area contributed by atoms with Gasteiger partial charge in [0, 0.05) is 18.9 Å². The zero-order valence-electron chi connectivity index (χ0n) is 12.1. The minimum atomic E-state index is -0.447. The second kappa shape index (κ2) is 5.19. The summed E-state index contributed by atoms with van der Waals surface area (Å²) in [7, 11) is 0. The molecular weight excluding hydrogens is 240 g/mol. The van der Waals surface area contributed by atoms with Crippen LogP contribution in [0.15, 0.2) is 18.5 Å². The predicted molar refractivity (Wildman–Crippen MR) is 73.9 cm³/mol. The van der Waals surface area contributed by atoms with Crippen molar-refractivity contribution in [3.63, 3.8) is 0 Å². The minimum absolute atomic E-state index is 0.123. The van der Waals surface area contributed by atoms with E-state index >= 15 is 0 Å². The summed E-state index contributed by atoms with van der Waals surface area (Å²) in [6.07, 6.45) is 5.43. The van der Waals surface area contributed by atoms with Gasteiger partial charge < -0.3 is 9.64 Å². The van der Waals surface area contributed by atoms with Crippen LogP contribution >= 0.6 is 0 Å². The largest absolute Gasteiger partial charge is 0.444 e. The summed E-state index contributed by atoms with van der Waals surface area (Å²) in [5.41, 5.74) is 1.86. The number of carbonyl (C=O) groups excluding carboxylic acids is 1. The lowest BCUT2D eigenvalue weighted by molar-refractivity contribution is 0.0224. The van der Waals surface area contributed by atoms with Crippen molar-refractivity contribution in [3.05, 3.63) is 29.6 Å². The quantitative estimate of drug-likeness (QED) is 0.778. The molecule has 0 aromatic carbocycles. The van der Waals surface area contributed by atoms with E-state index in [0.29, 0.717) is 0 Å². The van der Waals surface area contributed by atoms with Crippen molar-refractivity contribution in [3.8, 4) is 0 Å². The number of pyridine rings is 1. The number of hydrogen-bond donors (Lipinski definition) is 0. The van der Waals surface area contributed by atoms with E-state index in [0.717, 1.165) is 24.9 Å². The monoisotopic (exact) mass is 262 g/mol. The molecule has 0 radical (unpaired) electrons. The second-order valence-corrected chi connectivity index (χ2v) is 6.06. The van der Waals surface area contributed by atoms with Gasteiger partial charge in [0.1, 0.15) is 5.60 Å². The predicted octanol–water partition coefficient (Wildman–Crippen LogP) is 3.46. The fraction of sp³-hybridized carbons (Fsp3) is 0.600. The van der Waals surface area contributed by atoms with Crippen LogP contribution in [0.25, 0.3) is 0 Å². The zero-order valence-corrected chi connectivity index (χ0v) is 12.1. The first-order chi connectivity index (χ1) is 8.88. The number of likely N-dealkylation sites (tertiary alicyclic amines) is 1. The molecule has 0 aliphatic carbocycles. The molecule has 104 valence electrons. The van der Waals surface area contributed by atoms with Gasteiger partial charge in [0.05, 0.1) is 6.04 Å². The highest BCUT2D eigenvalue weighted by Crippen LogP contribution is 2.34. The molecule has 1 aromatic heterocycles. The van der Waals surface area contributed by atoms with E-state index in [1.165, 1.54) is 5.56 Å². The molecule has 1 amide bonds. The van der Waals surface area contributed by atoms with E-state index in [2.05, 4.69) is 4.98 Å². The normalized spacial score (nSPS) is 19.6. The number of rotatable bonds is 1. The van der Waals surface area contributed by atoms with Crippen molar-refractivity contribution in [2.75, 3.05) is 6.54 Å². The third kappa shape index (κ3) is 3.25. The number of aryl methyl sites for hydroxylation is 1. The molecule has 1 saturated heterocycles. The van der Waals surface area contributed by atoms with E-state index in [4.69, 9.17) is 4.74 Å². The minimum Gasteiger partial charge on any atom is -0.444 e. The topological polar surface area (TPSA) is 42.4 Å². The van der Waals surface area contributed by atoms with Crippen LogP contribution in [0.1, 0.15) is 50.8 Å². The summed E-state index contributed by atoms with van der Waals surface area (Å²) >= 11 is 0. The lowest BCUT2D eigenvalue weighted by atomic mass is 10.0. The molecule has 1 atom stereocenters. The van der Waals surface area contributed by atoms with Gasteiger partial charge in [-0.3, -0.25) is 4.98 Å².